The van der Waals surface area contributed by atoms with E-state index in [2.05, 4.69) is 10.0 Å². The zero-order valence-corrected chi connectivity index (χ0v) is 20.2. The van der Waals surface area contributed by atoms with Crippen LogP contribution in [-0.2, 0) is 26.1 Å². The number of nitrogens with one attached hydrogen (secondary N) is 2. The molecule has 1 aliphatic rings. The fourth-order valence-electron chi connectivity index (χ4n) is 4.23. The summed E-state index contributed by atoms with van der Waals surface area (Å²) < 4.78 is 34.6. The third-order valence-corrected chi connectivity index (χ3v) is 7.48. The predicted molar refractivity (Wildman–Crippen MR) is 134 cm³/mol. The average Bonchev–Trinajstić information content (AvgIpc) is 3.38. The van der Waals surface area contributed by atoms with Gasteiger partial charge in [-0.3, -0.25) is 4.79 Å². The van der Waals surface area contributed by atoms with Gasteiger partial charge < -0.3 is 15.2 Å². The van der Waals surface area contributed by atoms with Crippen LogP contribution >= 0.6 is 0 Å². The summed E-state index contributed by atoms with van der Waals surface area (Å²) >= 11 is 0. The number of benzene rings is 3. The highest BCUT2D eigenvalue weighted by Crippen LogP contribution is 2.26. The van der Waals surface area contributed by atoms with Crippen LogP contribution in [0.3, 0.4) is 0 Å². The van der Waals surface area contributed by atoms with Gasteiger partial charge in [-0.05, 0) is 53.3 Å². The molecule has 0 radical (unpaired) electrons. The number of hydrogen-bond acceptors (Lipinski definition) is 5. The third-order valence-electron chi connectivity index (χ3n) is 6.01. The lowest BCUT2D eigenvalue weighted by atomic mass is 10.0. The van der Waals surface area contributed by atoms with Gasteiger partial charge in [0.1, 0.15) is 0 Å². The molecule has 0 spiro atoms. The van der Waals surface area contributed by atoms with Crippen LogP contribution in [0.5, 0.6) is 0 Å². The Morgan fingerprint density at radius 1 is 1.00 bits per heavy atom. The largest absolute Gasteiger partial charge is 0.481 e. The summed E-state index contributed by atoms with van der Waals surface area (Å²) in [5.41, 5.74) is 3.36. The van der Waals surface area contributed by atoms with E-state index >= 15 is 0 Å². The summed E-state index contributed by atoms with van der Waals surface area (Å²) in [4.78, 5) is 11.5. The summed E-state index contributed by atoms with van der Waals surface area (Å²) in [7, 11) is -3.96. The number of ether oxygens (including phenoxy) is 1. The molecule has 0 bridgehead atoms. The standard InChI is InChI=1S/C27H30N2O5S/c30-27(31)17-26(21-8-2-1-3-9-21)29-35(32,33)25-13-5-11-23(16-25)22-10-4-7-20(15-22)18-28-19-24-12-6-14-34-24/h1-5,7-11,13,15-16,24,26,28-29H,6,12,14,17-19H2,(H,30,31)/t24?,26-/m1/s1. The minimum Gasteiger partial charge on any atom is -0.481 e. The molecule has 2 atom stereocenters. The van der Waals surface area contributed by atoms with Gasteiger partial charge in [0.05, 0.1) is 23.5 Å². The van der Waals surface area contributed by atoms with Gasteiger partial charge in [-0.15, -0.1) is 0 Å². The Labute approximate surface area is 206 Å². The lowest BCUT2D eigenvalue weighted by Gasteiger charge is -2.18. The summed E-state index contributed by atoms with van der Waals surface area (Å²) in [6.07, 6.45) is 2.11. The molecule has 3 aromatic carbocycles. The SMILES string of the molecule is O=C(O)C[C@@H](NS(=O)(=O)c1cccc(-c2cccc(CNCC3CCCO3)c2)c1)c1ccccc1. The summed E-state index contributed by atoms with van der Waals surface area (Å²) in [5.74, 6) is -1.08. The Kier molecular flexibility index (Phi) is 8.30. The average molecular weight is 495 g/mol. The van der Waals surface area contributed by atoms with E-state index in [0.717, 1.165) is 42.7 Å². The Morgan fingerprint density at radius 3 is 2.46 bits per heavy atom. The summed E-state index contributed by atoms with van der Waals surface area (Å²) in [5, 5.41) is 12.7. The first-order chi connectivity index (χ1) is 16.9. The van der Waals surface area contributed by atoms with Gasteiger partial charge in [-0.1, -0.05) is 60.7 Å². The number of aliphatic carboxylic acids is 1. The Morgan fingerprint density at radius 2 is 1.74 bits per heavy atom. The number of hydrogen-bond donors (Lipinski definition) is 3. The number of carboxylic acids is 1. The minimum atomic E-state index is -3.96. The molecule has 3 N–H and O–H groups in total. The van der Waals surface area contributed by atoms with Crippen molar-refractivity contribution in [1.29, 1.82) is 0 Å². The van der Waals surface area contributed by atoms with E-state index < -0.39 is 22.0 Å². The van der Waals surface area contributed by atoms with Crippen molar-refractivity contribution in [3.63, 3.8) is 0 Å². The quantitative estimate of drug-likeness (QED) is 0.370. The zero-order valence-electron chi connectivity index (χ0n) is 19.4. The second kappa shape index (κ2) is 11.6. The summed E-state index contributed by atoms with van der Waals surface area (Å²) in [6, 6.07) is 22.5. The van der Waals surface area contributed by atoms with Crippen LogP contribution in [0.25, 0.3) is 11.1 Å². The third kappa shape index (κ3) is 6.99. The molecule has 4 rings (SSSR count). The molecular formula is C27H30N2O5S. The molecule has 1 heterocycles. The van der Waals surface area contributed by atoms with Crippen LogP contribution in [0.15, 0.2) is 83.8 Å². The Balaban J connectivity index is 1.50. The maximum absolute atomic E-state index is 13.2. The number of carbonyl (C=O) groups is 1. The highest BCUT2D eigenvalue weighted by atomic mass is 32.2. The van der Waals surface area contributed by atoms with Gasteiger partial charge in [0.2, 0.25) is 10.0 Å². The molecule has 7 nitrogen and oxygen atoms in total. The smallest absolute Gasteiger partial charge is 0.305 e. The highest BCUT2D eigenvalue weighted by molar-refractivity contribution is 7.89. The van der Waals surface area contributed by atoms with Gasteiger partial charge in [0, 0.05) is 19.7 Å². The number of carboxylic acid groups (broad SMARTS) is 1. The van der Waals surface area contributed by atoms with Crippen LogP contribution < -0.4 is 10.0 Å². The maximum Gasteiger partial charge on any atom is 0.305 e. The van der Waals surface area contributed by atoms with E-state index in [1.165, 1.54) is 6.07 Å². The van der Waals surface area contributed by atoms with Gasteiger partial charge in [-0.25, -0.2) is 13.1 Å². The molecule has 1 aliphatic heterocycles. The first-order valence-corrected chi connectivity index (χ1v) is 13.2. The van der Waals surface area contributed by atoms with Crippen LogP contribution in [-0.4, -0.2) is 38.7 Å². The maximum atomic E-state index is 13.2. The van der Waals surface area contributed by atoms with E-state index in [0.29, 0.717) is 12.1 Å². The van der Waals surface area contributed by atoms with Gasteiger partial charge in [0.15, 0.2) is 0 Å². The van der Waals surface area contributed by atoms with Gasteiger partial charge >= 0.3 is 5.97 Å². The minimum absolute atomic E-state index is 0.0863. The molecule has 35 heavy (non-hydrogen) atoms. The predicted octanol–water partition coefficient (Wildman–Crippen LogP) is 4.12. The topological polar surface area (TPSA) is 105 Å². The molecule has 3 aromatic rings. The van der Waals surface area contributed by atoms with Crippen molar-refractivity contribution in [3.8, 4) is 11.1 Å². The zero-order chi connectivity index (χ0) is 24.7. The van der Waals surface area contributed by atoms with Crippen molar-refractivity contribution in [2.45, 2.75) is 42.8 Å². The molecule has 184 valence electrons. The number of rotatable bonds is 11. The van der Waals surface area contributed by atoms with E-state index in [1.54, 1.807) is 42.5 Å². The molecule has 0 amide bonds. The van der Waals surface area contributed by atoms with Crippen LogP contribution in [0, 0.1) is 0 Å². The lowest BCUT2D eigenvalue weighted by molar-refractivity contribution is -0.137. The normalized spacial score (nSPS) is 16.7. The van der Waals surface area contributed by atoms with Crippen molar-refractivity contribution < 1.29 is 23.1 Å². The first kappa shape index (κ1) is 25.1. The lowest BCUT2D eigenvalue weighted by Crippen LogP contribution is -2.30. The molecular weight excluding hydrogens is 464 g/mol. The van der Waals surface area contributed by atoms with Crippen LogP contribution in [0.4, 0.5) is 0 Å². The Bertz CT molecular complexity index is 1240. The Hall–Kier alpha value is -3.04. The van der Waals surface area contributed by atoms with Crippen LogP contribution in [0.1, 0.15) is 36.4 Å². The van der Waals surface area contributed by atoms with Gasteiger partial charge in [0.25, 0.3) is 0 Å². The van der Waals surface area contributed by atoms with E-state index in [-0.39, 0.29) is 17.4 Å². The number of sulfonamides is 1. The first-order valence-electron chi connectivity index (χ1n) is 11.7. The molecule has 0 aliphatic carbocycles. The van der Waals surface area contributed by atoms with Crippen molar-refractivity contribution in [1.82, 2.24) is 10.0 Å². The molecule has 1 saturated heterocycles. The van der Waals surface area contributed by atoms with Crippen molar-refractivity contribution in [2.75, 3.05) is 13.2 Å². The molecule has 1 unspecified atom stereocenters. The van der Waals surface area contributed by atoms with Crippen LogP contribution in [0.2, 0.25) is 0 Å². The monoisotopic (exact) mass is 494 g/mol. The van der Waals surface area contributed by atoms with E-state index in [4.69, 9.17) is 4.74 Å². The van der Waals surface area contributed by atoms with E-state index in [9.17, 15) is 18.3 Å². The molecule has 1 fully saturated rings. The van der Waals surface area contributed by atoms with Gasteiger partial charge in [-0.2, -0.15) is 0 Å². The molecule has 8 heteroatoms. The second-order valence-electron chi connectivity index (χ2n) is 8.68. The highest BCUT2D eigenvalue weighted by Gasteiger charge is 2.24. The summed E-state index contributed by atoms with van der Waals surface area (Å²) in [6.45, 7) is 2.34. The van der Waals surface area contributed by atoms with Crippen molar-refractivity contribution >= 4 is 16.0 Å². The van der Waals surface area contributed by atoms with Crippen molar-refractivity contribution in [3.05, 3.63) is 90.0 Å². The second-order valence-corrected chi connectivity index (χ2v) is 10.4. The van der Waals surface area contributed by atoms with E-state index in [1.807, 2.05) is 30.3 Å². The fraction of sp³-hybridized carbons (Fsp3) is 0.296. The fourth-order valence-corrected chi connectivity index (χ4v) is 5.50. The molecule has 0 saturated carbocycles. The van der Waals surface area contributed by atoms with Crippen molar-refractivity contribution in [2.24, 2.45) is 0 Å². The molecule has 0 aromatic heterocycles.